The van der Waals surface area contributed by atoms with Gasteiger partial charge in [0.2, 0.25) is 5.91 Å². The van der Waals surface area contributed by atoms with E-state index in [2.05, 4.69) is 15.9 Å². The molecule has 1 saturated heterocycles. The standard InChI is InChI=1S/C17H17BrN2O2/c18-15-11-12(19)3-6-14(15)16-7-4-13(22-16)5-8-17(21)20-9-1-2-10-20/h3-8,11H,1-2,9-10,19H2/b8-5+. The van der Waals surface area contributed by atoms with E-state index < -0.39 is 0 Å². The monoisotopic (exact) mass is 360 g/mol. The van der Waals surface area contributed by atoms with Crippen LogP contribution < -0.4 is 5.73 Å². The molecule has 1 aromatic heterocycles. The number of likely N-dealkylation sites (tertiary alicyclic amines) is 1. The average molecular weight is 361 g/mol. The first-order valence-corrected chi connectivity index (χ1v) is 8.05. The highest BCUT2D eigenvalue weighted by atomic mass is 79.9. The Morgan fingerprint density at radius 1 is 1.23 bits per heavy atom. The first-order chi connectivity index (χ1) is 10.6. The molecule has 2 aromatic rings. The Kier molecular flexibility index (Phi) is 4.34. The highest BCUT2D eigenvalue weighted by Gasteiger charge is 2.15. The topological polar surface area (TPSA) is 59.5 Å². The molecule has 0 saturated carbocycles. The van der Waals surface area contributed by atoms with Crippen LogP contribution in [0.4, 0.5) is 5.69 Å². The fraction of sp³-hybridized carbons (Fsp3) is 0.235. The van der Waals surface area contributed by atoms with E-state index >= 15 is 0 Å². The van der Waals surface area contributed by atoms with E-state index in [1.807, 2.05) is 35.2 Å². The van der Waals surface area contributed by atoms with Crippen LogP contribution in [-0.4, -0.2) is 23.9 Å². The van der Waals surface area contributed by atoms with Gasteiger partial charge < -0.3 is 15.1 Å². The number of nitrogen functional groups attached to an aromatic ring is 1. The van der Waals surface area contributed by atoms with E-state index in [0.29, 0.717) is 11.4 Å². The quantitative estimate of drug-likeness (QED) is 0.666. The Morgan fingerprint density at radius 2 is 2.00 bits per heavy atom. The van der Waals surface area contributed by atoms with Crippen molar-refractivity contribution in [2.75, 3.05) is 18.8 Å². The number of hydrogen-bond acceptors (Lipinski definition) is 3. The number of anilines is 1. The minimum atomic E-state index is 0.0455. The molecule has 5 heteroatoms. The highest BCUT2D eigenvalue weighted by Crippen LogP contribution is 2.31. The number of halogens is 1. The van der Waals surface area contributed by atoms with E-state index in [1.54, 1.807) is 12.2 Å². The molecule has 1 aliphatic rings. The number of nitrogens with two attached hydrogens (primary N) is 1. The predicted molar refractivity (Wildman–Crippen MR) is 91.1 cm³/mol. The zero-order valence-corrected chi connectivity index (χ0v) is 13.7. The molecule has 0 bridgehead atoms. The fourth-order valence-corrected chi connectivity index (χ4v) is 3.11. The number of amides is 1. The van der Waals surface area contributed by atoms with Crippen LogP contribution in [0.25, 0.3) is 17.4 Å². The molecule has 0 radical (unpaired) electrons. The van der Waals surface area contributed by atoms with E-state index in [9.17, 15) is 4.79 Å². The molecule has 114 valence electrons. The third-order valence-corrected chi connectivity index (χ3v) is 4.35. The van der Waals surface area contributed by atoms with Crippen LogP contribution in [0.3, 0.4) is 0 Å². The SMILES string of the molecule is Nc1ccc(-c2ccc(/C=C/C(=O)N3CCCC3)o2)c(Br)c1. The van der Waals surface area contributed by atoms with Gasteiger partial charge in [0, 0.05) is 34.9 Å². The Morgan fingerprint density at radius 3 is 2.73 bits per heavy atom. The van der Waals surface area contributed by atoms with Gasteiger partial charge in [-0.2, -0.15) is 0 Å². The number of nitrogens with zero attached hydrogens (tertiary/aromatic N) is 1. The summed E-state index contributed by atoms with van der Waals surface area (Å²) in [7, 11) is 0. The minimum absolute atomic E-state index is 0.0455. The lowest BCUT2D eigenvalue weighted by atomic mass is 10.1. The van der Waals surface area contributed by atoms with Crippen molar-refractivity contribution in [2.24, 2.45) is 0 Å². The molecule has 22 heavy (non-hydrogen) atoms. The predicted octanol–water partition coefficient (Wildman–Crippen LogP) is 3.93. The van der Waals surface area contributed by atoms with Crippen molar-refractivity contribution in [3.63, 3.8) is 0 Å². The van der Waals surface area contributed by atoms with Crippen molar-refractivity contribution in [2.45, 2.75) is 12.8 Å². The van der Waals surface area contributed by atoms with Crippen molar-refractivity contribution < 1.29 is 9.21 Å². The summed E-state index contributed by atoms with van der Waals surface area (Å²) in [4.78, 5) is 13.8. The Bertz CT molecular complexity index is 715. The molecule has 1 amide bonds. The molecule has 1 aliphatic heterocycles. The number of carbonyl (C=O) groups excluding carboxylic acids is 1. The van der Waals surface area contributed by atoms with Crippen molar-refractivity contribution >= 4 is 33.6 Å². The van der Waals surface area contributed by atoms with Gasteiger partial charge in [0.25, 0.3) is 0 Å². The maximum atomic E-state index is 12.0. The molecule has 0 unspecified atom stereocenters. The van der Waals surface area contributed by atoms with Crippen LogP contribution in [0.1, 0.15) is 18.6 Å². The molecule has 2 N–H and O–H groups in total. The summed E-state index contributed by atoms with van der Waals surface area (Å²) in [5.74, 6) is 1.44. The summed E-state index contributed by atoms with van der Waals surface area (Å²) in [5, 5.41) is 0. The molecular formula is C17H17BrN2O2. The fourth-order valence-electron chi connectivity index (χ4n) is 2.51. The molecule has 3 rings (SSSR count). The van der Waals surface area contributed by atoms with Gasteiger partial charge in [-0.15, -0.1) is 0 Å². The van der Waals surface area contributed by atoms with Crippen molar-refractivity contribution in [3.8, 4) is 11.3 Å². The van der Waals surface area contributed by atoms with E-state index in [4.69, 9.17) is 10.2 Å². The number of furan rings is 1. The molecular weight excluding hydrogens is 344 g/mol. The first kappa shape index (κ1) is 14.9. The second-order valence-corrected chi connectivity index (χ2v) is 6.16. The zero-order valence-electron chi connectivity index (χ0n) is 12.1. The van der Waals surface area contributed by atoms with Gasteiger partial charge in [0.1, 0.15) is 11.5 Å². The summed E-state index contributed by atoms with van der Waals surface area (Å²) in [5.41, 5.74) is 7.36. The molecule has 0 spiro atoms. The maximum absolute atomic E-state index is 12.0. The summed E-state index contributed by atoms with van der Waals surface area (Å²) in [6, 6.07) is 9.31. The van der Waals surface area contributed by atoms with Gasteiger partial charge >= 0.3 is 0 Å². The third kappa shape index (κ3) is 3.25. The van der Waals surface area contributed by atoms with E-state index in [1.165, 1.54) is 0 Å². The molecule has 1 aromatic carbocycles. The van der Waals surface area contributed by atoms with Crippen LogP contribution in [-0.2, 0) is 4.79 Å². The first-order valence-electron chi connectivity index (χ1n) is 7.26. The van der Waals surface area contributed by atoms with E-state index in [-0.39, 0.29) is 5.91 Å². The molecule has 0 atom stereocenters. The van der Waals surface area contributed by atoms with Gasteiger partial charge in [-0.3, -0.25) is 4.79 Å². The molecule has 1 fully saturated rings. The Hall–Kier alpha value is -2.01. The van der Waals surface area contributed by atoms with Gasteiger partial charge in [0.05, 0.1) is 0 Å². The Labute approximate surface area is 137 Å². The van der Waals surface area contributed by atoms with Gasteiger partial charge in [0.15, 0.2) is 0 Å². The number of rotatable bonds is 3. The lowest BCUT2D eigenvalue weighted by Gasteiger charge is -2.11. The molecule has 4 nitrogen and oxygen atoms in total. The summed E-state index contributed by atoms with van der Waals surface area (Å²) in [6.07, 6.45) is 5.48. The lowest BCUT2D eigenvalue weighted by Crippen LogP contribution is -2.25. The van der Waals surface area contributed by atoms with Crippen LogP contribution in [0, 0.1) is 0 Å². The summed E-state index contributed by atoms with van der Waals surface area (Å²) in [6.45, 7) is 1.70. The van der Waals surface area contributed by atoms with Crippen LogP contribution in [0.2, 0.25) is 0 Å². The Balaban J connectivity index is 1.74. The average Bonchev–Trinajstić information content (AvgIpc) is 3.16. The van der Waals surface area contributed by atoms with Crippen LogP contribution in [0.15, 0.2) is 45.3 Å². The zero-order chi connectivity index (χ0) is 15.5. The van der Waals surface area contributed by atoms with Gasteiger partial charge in [-0.1, -0.05) is 0 Å². The third-order valence-electron chi connectivity index (χ3n) is 3.69. The smallest absolute Gasteiger partial charge is 0.246 e. The van der Waals surface area contributed by atoms with E-state index in [0.717, 1.165) is 41.7 Å². The maximum Gasteiger partial charge on any atom is 0.246 e. The van der Waals surface area contributed by atoms with Crippen molar-refractivity contribution in [1.82, 2.24) is 4.90 Å². The molecule has 2 heterocycles. The van der Waals surface area contributed by atoms with Gasteiger partial charge in [-0.05, 0) is 65.2 Å². The van der Waals surface area contributed by atoms with Gasteiger partial charge in [-0.25, -0.2) is 0 Å². The van der Waals surface area contributed by atoms with Crippen LogP contribution >= 0.6 is 15.9 Å². The molecule has 0 aliphatic carbocycles. The number of benzene rings is 1. The van der Waals surface area contributed by atoms with Crippen molar-refractivity contribution in [3.05, 3.63) is 46.6 Å². The van der Waals surface area contributed by atoms with Crippen molar-refractivity contribution in [1.29, 1.82) is 0 Å². The second kappa shape index (κ2) is 6.40. The summed E-state index contributed by atoms with van der Waals surface area (Å²) >= 11 is 3.48. The summed E-state index contributed by atoms with van der Waals surface area (Å²) < 4.78 is 6.66. The number of hydrogen-bond donors (Lipinski definition) is 1. The normalized spacial score (nSPS) is 14.9. The second-order valence-electron chi connectivity index (χ2n) is 5.31. The lowest BCUT2D eigenvalue weighted by molar-refractivity contribution is -0.124. The highest BCUT2D eigenvalue weighted by molar-refractivity contribution is 9.10. The number of carbonyl (C=O) groups is 1. The van der Waals surface area contributed by atoms with Crippen LogP contribution in [0.5, 0.6) is 0 Å². The minimum Gasteiger partial charge on any atom is -0.457 e. The largest absolute Gasteiger partial charge is 0.457 e.